The Morgan fingerprint density at radius 2 is 2.11 bits per heavy atom. The van der Waals surface area contributed by atoms with Gasteiger partial charge >= 0.3 is 0 Å². The van der Waals surface area contributed by atoms with E-state index in [0.717, 1.165) is 0 Å². The Morgan fingerprint density at radius 3 is 2.86 bits per heavy atom. The van der Waals surface area contributed by atoms with Crippen molar-refractivity contribution in [1.82, 2.24) is 10.3 Å². The molecule has 8 nitrogen and oxygen atoms in total. The fourth-order valence-electron chi connectivity index (χ4n) is 3.77. The summed E-state index contributed by atoms with van der Waals surface area (Å²) in [6.07, 6.45) is 5.61. The Balaban J connectivity index is 1.83. The van der Waals surface area contributed by atoms with Gasteiger partial charge in [0.1, 0.15) is 5.69 Å². The van der Waals surface area contributed by atoms with E-state index in [0.29, 0.717) is 37.1 Å². The molecule has 4 aromatic rings. The summed E-state index contributed by atoms with van der Waals surface area (Å²) in [5, 5.41) is 24.6. The Hall–Kier alpha value is -3.89. The minimum atomic E-state index is -3.80. The van der Waals surface area contributed by atoms with E-state index in [1.807, 2.05) is 6.07 Å². The zero-order valence-electron chi connectivity index (χ0n) is 18.6. The number of fused-ring (bicyclic) bond motifs is 1. The molecule has 0 aliphatic rings. The number of rotatable bonds is 7. The van der Waals surface area contributed by atoms with Crippen molar-refractivity contribution in [1.29, 1.82) is 5.26 Å². The number of H-pyrrole nitrogens is 1. The van der Waals surface area contributed by atoms with Crippen LogP contribution in [0.5, 0.6) is 0 Å². The third-order valence-corrected chi connectivity index (χ3v) is 8.12. The van der Waals surface area contributed by atoms with Gasteiger partial charge in [0.2, 0.25) is 0 Å². The van der Waals surface area contributed by atoms with E-state index in [-0.39, 0.29) is 17.5 Å². The highest BCUT2D eigenvalue weighted by molar-refractivity contribution is 7.75. The van der Waals surface area contributed by atoms with Crippen LogP contribution in [-0.4, -0.2) is 18.0 Å². The Bertz CT molecular complexity index is 1540. The number of amides is 1. The predicted molar refractivity (Wildman–Crippen MR) is 135 cm³/mol. The van der Waals surface area contributed by atoms with Gasteiger partial charge in [0.15, 0.2) is 12.4 Å². The van der Waals surface area contributed by atoms with Crippen molar-refractivity contribution in [2.24, 2.45) is 0 Å². The first kappa shape index (κ1) is 24.2. The van der Waals surface area contributed by atoms with E-state index >= 15 is 0 Å². The molecule has 2 aromatic heterocycles. The van der Waals surface area contributed by atoms with Gasteiger partial charge in [-0.05, 0) is 48.0 Å². The van der Waals surface area contributed by atoms with Crippen LogP contribution in [0.25, 0.3) is 17.0 Å². The summed E-state index contributed by atoms with van der Waals surface area (Å²) in [6.45, 7) is 0.0865. The number of carbonyl (C=O) groups is 1. The number of hydrogen-bond donors (Lipinski definition) is 2. The maximum absolute atomic E-state index is 14.4. The average Bonchev–Trinajstić information content (AvgIpc) is 3.25. The number of benzene rings is 2. The van der Waals surface area contributed by atoms with Gasteiger partial charge < -0.3 is 20.0 Å². The van der Waals surface area contributed by atoms with E-state index in [9.17, 15) is 14.6 Å². The van der Waals surface area contributed by atoms with E-state index in [2.05, 4.69) is 10.3 Å². The summed E-state index contributed by atoms with van der Waals surface area (Å²) >= 11 is 6.24. The average molecular weight is 507 g/mol. The molecule has 2 heterocycles. The highest BCUT2D eigenvalue weighted by Crippen LogP contribution is 2.47. The second-order valence-electron chi connectivity index (χ2n) is 7.58. The number of halogens is 1. The first-order valence-corrected chi connectivity index (χ1v) is 12.5. The van der Waals surface area contributed by atoms with Gasteiger partial charge in [-0.15, -0.1) is 0 Å². The molecule has 0 spiro atoms. The summed E-state index contributed by atoms with van der Waals surface area (Å²) in [6, 6.07) is 17.0. The van der Waals surface area contributed by atoms with Crippen molar-refractivity contribution in [2.75, 3.05) is 7.11 Å². The Morgan fingerprint density at radius 1 is 1.29 bits per heavy atom. The lowest BCUT2D eigenvalue weighted by Crippen LogP contribution is -2.31. The number of nitrogens with one attached hydrogen (secondary N) is 2. The van der Waals surface area contributed by atoms with Gasteiger partial charge in [-0.2, -0.15) is 9.99 Å². The lowest BCUT2D eigenvalue weighted by atomic mass is 10.2. The lowest BCUT2D eigenvalue weighted by Gasteiger charge is -2.18. The van der Waals surface area contributed by atoms with Crippen LogP contribution in [0.2, 0.25) is 5.02 Å². The standard InChI is InChI=1S/C25H20ClN4O4P/c1-34-35(33,20-8-2-5-17(13-20)6-3-11-27)24-21-14-19(26)9-10-22(21)29-23(24)25(31)28-15-18-7-4-12-30(32)16-18/h2-10,12-14,16,29H,15H2,1H3,(H,28,31)/b6-3+. The molecule has 35 heavy (non-hydrogen) atoms. The van der Waals surface area contributed by atoms with Crippen molar-refractivity contribution >= 4 is 52.5 Å². The van der Waals surface area contributed by atoms with E-state index < -0.39 is 13.3 Å². The molecule has 0 bridgehead atoms. The first-order valence-electron chi connectivity index (χ1n) is 10.5. The summed E-state index contributed by atoms with van der Waals surface area (Å²) in [4.78, 5) is 16.3. The normalized spacial score (nSPS) is 12.9. The predicted octanol–water partition coefficient (Wildman–Crippen LogP) is 3.80. The molecular weight excluding hydrogens is 487 g/mol. The third kappa shape index (κ3) is 4.98. The van der Waals surface area contributed by atoms with Crippen molar-refractivity contribution in [3.63, 3.8) is 0 Å². The number of pyridine rings is 1. The second kappa shape index (κ2) is 10.2. The molecule has 176 valence electrons. The van der Waals surface area contributed by atoms with Crippen LogP contribution in [0, 0.1) is 16.5 Å². The molecule has 2 N–H and O–H groups in total. The van der Waals surface area contributed by atoms with Crippen molar-refractivity contribution in [3.05, 3.63) is 100 Å². The molecule has 10 heteroatoms. The number of carbonyl (C=O) groups excluding carboxylic acids is 1. The summed E-state index contributed by atoms with van der Waals surface area (Å²) in [5.41, 5.74) is 1.88. The summed E-state index contributed by atoms with van der Waals surface area (Å²) in [7, 11) is -2.48. The quantitative estimate of drug-likeness (QED) is 0.171. The third-order valence-electron chi connectivity index (χ3n) is 5.36. The van der Waals surface area contributed by atoms with E-state index in [4.69, 9.17) is 21.4 Å². The Labute approximate surface area is 206 Å². The van der Waals surface area contributed by atoms with Crippen LogP contribution in [0.15, 0.2) is 73.1 Å². The smallest absolute Gasteiger partial charge is 0.268 e. The van der Waals surface area contributed by atoms with Gasteiger partial charge in [0, 0.05) is 52.6 Å². The number of nitrogens with zero attached hydrogens (tertiary/aromatic N) is 2. The monoisotopic (exact) mass is 506 g/mol. The largest absolute Gasteiger partial charge is 0.619 e. The highest BCUT2D eigenvalue weighted by Gasteiger charge is 2.36. The number of aromatic amines is 1. The molecule has 0 radical (unpaired) electrons. The van der Waals surface area contributed by atoms with Crippen molar-refractivity contribution in [2.45, 2.75) is 6.54 Å². The number of hydrogen-bond acceptors (Lipinski definition) is 5. The maximum Gasteiger partial charge on any atom is 0.268 e. The van der Waals surface area contributed by atoms with Crippen LogP contribution in [0.3, 0.4) is 0 Å². The van der Waals surface area contributed by atoms with Crippen LogP contribution < -0.4 is 20.7 Å². The molecule has 0 fully saturated rings. The summed E-state index contributed by atoms with van der Waals surface area (Å²) < 4.78 is 20.7. The van der Waals surface area contributed by atoms with Crippen LogP contribution in [0.4, 0.5) is 0 Å². The fourth-order valence-corrected chi connectivity index (χ4v) is 6.15. The molecular formula is C25H20ClN4O4P. The van der Waals surface area contributed by atoms with Gasteiger partial charge in [-0.25, -0.2) is 0 Å². The van der Waals surface area contributed by atoms with Gasteiger partial charge in [-0.3, -0.25) is 9.36 Å². The Kier molecular flexibility index (Phi) is 7.04. The van der Waals surface area contributed by atoms with Crippen LogP contribution in [0.1, 0.15) is 21.6 Å². The molecule has 0 aliphatic heterocycles. The number of nitriles is 1. The molecule has 4 rings (SSSR count). The van der Waals surface area contributed by atoms with Crippen molar-refractivity contribution < 1.29 is 18.6 Å². The van der Waals surface area contributed by atoms with Gasteiger partial charge in [0.05, 0.1) is 11.4 Å². The van der Waals surface area contributed by atoms with Crippen molar-refractivity contribution in [3.8, 4) is 6.07 Å². The second-order valence-corrected chi connectivity index (χ2v) is 10.5. The minimum Gasteiger partial charge on any atom is -0.619 e. The molecule has 1 amide bonds. The lowest BCUT2D eigenvalue weighted by molar-refractivity contribution is -0.605. The SMILES string of the molecule is COP(=O)(c1cccc(/C=C/C#N)c1)c1c(C(=O)NCc2ccc[n+]([O-])c2)[nH]c2ccc(Cl)cc12. The van der Waals surface area contributed by atoms with Crippen LogP contribution in [-0.2, 0) is 15.6 Å². The fraction of sp³-hybridized carbons (Fsp3) is 0.0800. The zero-order valence-corrected chi connectivity index (χ0v) is 20.2. The van der Waals surface area contributed by atoms with E-state index in [1.165, 1.54) is 25.6 Å². The summed E-state index contributed by atoms with van der Waals surface area (Å²) in [5.74, 6) is -0.522. The number of allylic oxidation sites excluding steroid dienone is 1. The first-order chi connectivity index (χ1) is 16.9. The van der Waals surface area contributed by atoms with Gasteiger partial charge in [-0.1, -0.05) is 23.7 Å². The van der Waals surface area contributed by atoms with Gasteiger partial charge in [0.25, 0.3) is 13.3 Å². The minimum absolute atomic E-state index is 0.0661. The maximum atomic E-state index is 14.4. The molecule has 0 saturated heterocycles. The molecule has 1 unspecified atom stereocenters. The molecule has 1 atom stereocenters. The molecule has 2 aromatic carbocycles. The molecule has 0 saturated carbocycles. The highest BCUT2D eigenvalue weighted by atomic mass is 35.5. The topological polar surface area (TPSA) is 122 Å². The number of aromatic nitrogens is 2. The van der Waals surface area contributed by atoms with Crippen LogP contribution >= 0.6 is 19.0 Å². The molecule has 0 aliphatic carbocycles. The van der Waals surface area contributed by atoms with E-state index in [1.54, 1.807) is 60.7 Å². The zero-order chi connectivity index (χ0) is 25.0.